The smallest absolute Gasteiger partial charge is 0.307 e. The monoisotopic (exact) mass is 358 g/mol. The minimum Gasteiger partial charge on any atom is -0.481 e. The first kappa shape index (κ1) is 19.7. The van der Waals surface area contributed by atoms with Crippen LogP contribution in [-0.2, 0) is 9.59 Å². The van der Waals surface area contributed by atoms with Gasteiger partial charge in [-0.3, -0.25) is 14.4 Å². The van der Waals surface area contributed by atoms with Gasteiger partial charge in [0.05, 0.1) is 11.8 Å². The van der Waals surface area contributed by atoms with Crippen molar-refractivity contribution in [3.8, 4) is 0 Å². The fourth-order valence-electron chi connectivity index (χ4n) is 2.96. The van der Waals surface area contributed by atoms with E-state index in [1.807, 2.05) is 26.8 Å². The first-order valence-corrected chi connectivity index (χ1v) is 8.93. The summed E-state index contributed by atoms with van der Waals surface area (Å²) in [6.07, 6.45) is 5.27. The zero-order valence-electron chi connectivity index (χ0n) is 15.4. The summed E-state index contributed by atoms with van der Waals surface area (Å²) >= 11 is 0. The number of nitrogens with one attached hydrogen (secondary N) is 2. The number of carbonyl (C=O) groups is 3. The molecular formula is C20H26N2O4. The van der Waals surface area contributed by atoms with Gasteiger partial charge >= 0.3 is 5.97 Å². The molecule has 140 valence electrons. The van der Waals surface area contributed by atoms with Crippen molar-refractivity contribution in [2.45, 2.75) is 46.1 Å². The van der Waals surface area contributed by atoms with Crippen LogP contribution in [0.15, 0.2) is 30.4 Å². The molecule has 3 N–H and O–H groups in total. The lowest BCUT2D eigenvalue weighted by Gasteiger charge is -2.24. The van der Waals surface area contributed by atoms with Crippen LogP contribution in [0.2, 0.25) is 0 Å². The maximum absolute atomic E-state index is 12.6. The minimum atomic E-state index is -0.955. The second kappa shape index (κ2) is 8.65. The molecule has 0 bridgehead atoms. The summed E-state index contributed by atoms with van der Waals surface area (Å²) in [5.74, 6) is -2.71. The van der Waals surface area contributed by atoms with E-state index in [-0.39, 0.29) is 17.9 Å². The molecule has 1 aliphatic carbocycles. The van der Waals surface area contributed by atoms with E-state index in [9.17, 15) is 19.5 Å². The van der Waals surface area contributed by atoms with Gasteiger partial charge in [-0.2, -0.15) is 0 Å². The van der Waals surface area contributed by atoms with Gasteiger partial charge in [-0.15, -0.1) is 0 Å². The first-order valence-electron chi connectivity index (χ1n) is 8.93. The van der Waals surface area contributed by atoms with Crippen LogP contribution in [0.4, 0.5) is 5.69 Å². The van der Waals surface area contributed by atoms with Gasteiger partial charge in [-0.25, -0.2) is 0 Å². The van der Waals surface area contributed by atoms with Crippen LogP contribution in [0, 0.1) is 18.8 Å². The lowest BCUT2D eigenvalue weighted by Crippen LogP contribution is -2.35. The molecule has 2 rings (SSSR count). The zero-order chi connectivity index (χ0) is 19.3. The molecule has 0 aromatic heterocycles. The summed E-state index contributed by atoms with van der Waals surface area (Å²) in [5, 5.41) is 15.0. The van der Waals surface area contributed by atoms with Crippen molar-refractivity contribution in [3.63, 3.8) is 0 Å². The first-order chi connectivity index (χ1) is 12.3. The second-order valence-corrected chi connectivity index (χ2v) is 6.80. The Morgan fingerprint density at radius 1 is 1.19 bits per heavy atom. The summed E-state index contributed by atoms with van der Waals surface area (Å²) in [5.41, 5.74) is 1.88. The van der Waals surface area contributed by atoms with Gasteiger partial charge < -0.3 is 15.7 Å². The molecule has 0 radical (unpaired) electrons. The topological polar surface area (TPSA) is 95.5 Å². The van der Waals surface area contributed by atoms with Crippen molar-refractivity contribution in [2.24, 2.45) is 11.8 Å². The summed E-state index contributed by atoms with van der Waals surface area (Å²) in [7, 11) is 0. The van der Waals surface area contributed by atoms with Crippen LogP contribution in [-0.4, -0.2) is 28.9 Å². The van der Waals surface area contributed by atoms with Crippen molar-refractivity contribution >= 4 is 23.5 Å². The van der Waals surface area contributed by atoms with Crippen LogP contribution >= 0.6 is 0 Å². The van der Waals surface area contributed by atoms with E-state index in [2.05, 4.69) is 10.6 Å². The standard InChI is InChI=1S/C20H26N2O4/c1-4-13(3)21-18(23)14-9-10-17(12(2)11-14)22-19(24)15-7-5-6-8-16(15)20(25)26/h5-6,9-11,13,15-16H,4,7-8H2,1-3H3,(H,21,23)(H,22,24)(H,25,26)/t13-,15-,16-/m0/s1. The number of aliphatic carboxylic acids is 1. The number of hydrogen-bond acceptors (Lipinski definition) is 3. The Hall–Kier alpha value is -2.63. The molecule has 0 saturated heterocycles. The Bertz CT molecular complexity index is 727. The van der Waals surface area contributed by atoms with Gasteiger partial charge in [0.15, 0.2) is 0 Å². The lowest BCUT2D eigenvalue weighted by molar-refractivity contribution is -0.146. The number of carboxylic acids is 1. The largest absolute Gasteiger partial charge is 0.481 e. The van der Waals surface area contributed by atoms with Crippen LogP contribution < -0.4 is 10.6 Å². The van der Waals surface area contributed by atoms with E-state index in [4.69, 9.17) is 0 Å². The van der Waals surface area contributed by atoms with E-state index in [1.54, 1.807) is 24.3 Å². The maximum atomic E-state index is 12.6. The van der Waals surface area contributed by atoms with Crippen molar-refractivity contribution in [1.82, 2.24) is 5.32 Å². The predicted molar refractivity (Wildman–Crippen MR) is 100 cm³/mol. The summed E-state index contributed by atoms with van der Waals surface area (Å²) in [6.45, 7) is 5.75. The molecule has 1 aliphatic rings. The molecule has 0 heterocycles. The normalized spacial score (nSPS) is 20.3. The third-order valence-electron chi connectivity index (χ3n) is 4.82. The minimum absolute atomic E-state index is 0.0921. The van der Waals surface area contributed by atoms with Gasteiger partial charge in [0, 0.05) is 17.3 Å². The number of benzene rings is 1. The molecule has 0 fully saturated rings. The molecule has 2 amide bonds. The molecule has 0 saturated carbocycles. The Morgan fingerprint density at radius 2 is 1.85 bits per heavy atom. The van der Waals surface area contributed by atoms with Crippen LogP contribution in [0.25, 0.3) is 0 Å². The highest BCUT2D eigenvalue weighted by Crippen LogP contribution is 2.28. The number of amides is 2. The zero-order valence-corrected chi connectivity index (χ0v) is 15.4. The van der Waals surface area contributed by atoms with Gasteiger partial charge in [0.25, 0.3) is 5.91 Å². The predicted octanol–water partition coefficient (Wildman–Crippen LogP) is 3.13. The van der Waals surface area contributed by atoms with Gasteiger partial charge in [0.1, 0.15) is 0 Å². The molecule has 6 nitrogen and oxygen atoms in total. The highest BCUT2D eigenvalue weighted by molar-refractivity contribution is 5.98. The van der Waals surface area contributed by atoms with E-state index >= 15 is 0 Å². The van der Waals surface area contributed by atoms with E-state index in [0.29, 0.717) is 24.1 Å². The SMILES string of the molecule is CC[C@H](C)NC(=O)c1ccc(NC(=O)[C@H]2CC=CC[C@@H]2C(=O)O)c(C)c1. The van der Waals surface area contributed by atoms with Crippen LogP contribution in [0.3, 0.4) is 0 Å². The molecule has 1 aromatic rings. The molecule has 0 unspecified atom stereocenters. The Morgan fingerprint density at radius 3 is 2.42 bits per heavy atom. The summed E-state index contributed by atoms with van der Waals surface area (Å²) < 4.78 is 0. The molecule has 0 spiro atoms. The van der Waals surface area contributed by atoms with Crippen molar-refractivity contribution < 1.29 is 19.5 Å². The number of allylic oxidation sites excluding steroid dienone is 2. The van der Waals surface area contributed by atoms with Crippen molar-refractivity contribution in [3.05, 3.63) is 41.5 Å². The van der Waals surface area contributed by atoms with Crippen LogP contribution in [0.1, 0.15) is 49.0 Å². The number of carboxylic acid groups (broad SMARTS) is 1. The molecule has 26 heavy (non-hydrogen) atoms. The fourth-order valence-corrected chi connectivity index (χ4v) is 2.96. The average Bonchev–Trinajstić information content (AvgIpc) is 2.62. The summed E-state index contributed by atoms with van der Waals surface area (Å²) in [6, 6.07) is 5.17. The molecule has 0 aliphatic heterocycles. The van der Waals surface area contributed by atoms with E-state index in [1.165, 1.54) is 0 Å². The Kier molecular flexibility index (Phi) is 6.55. The number of carbonyl (C=O) groups excluding carboxylic acids is 2. The quantitative estimate of drug-likeness (QED) is 0.681. The summed E-state index contributed by atoms with van der Waals surface area (Å²) in [4.78, 5) is 36.1. The van der Waals surface area contributed by atoms with E-state index < -0.39 is 17.8 Å². The number of aryl methyl sites for hydroxylation is 1. The van der Waals surface area contributed by atoms with Gasteiger partial charge in [-0.1, -0.05) is 19.1 Å². The fraction of sp³-hybridized carbons (Fsp3) is 0.450. The second-order valence-electron chi connectivity index (χ2n) is 6.80. The van der Waals surface area contributed by atoms with Gasteiger partial charge in [0.2, 0.25) is 5.91 Å². The lowest BCUT2D eigenvalue weighted by atomic mass is 9.82. The third-order valence-corrected chi connectivity index (χ3v) is 4.82. The van der Waals surface area contributed by atoms with Gasteiger partial charge in [-0.05, 0) is 56.9 Å². The molecule has 6 heteroatoms. The van der Waals surface area contributed by atoms with Crippen LogP contribution in [0.5, 0.6) is 0 Å². The maximum Gasteiger partial charge on any atom is 0.307 e. The molecule has 1 aromatic carbocycles. The Balaban J connectivity index is 2.10. The van der Waals surface area contributed by atoms with E-state index in [0.717, 1.165) is 12.0 Å². The van der Waals surface area contributed by atoms with Crippen molar-refractivity contribution in [1.29, 1.82) is 0 Å². The average molecular weight is 358 g/mol. The number of anilines is 1. The number of rotatable bonds is 6. The van der Waals surface area contributed by atoms with Crippen molar-refractivity contribution in [2.75, 3.05) is 5.32 Å². The Labute approximate surface area is 153 Å². The number of hydrogen-bond donors (Lipinski definition) is 3. The highest BCUT2D eigenvalue weighted by Gasteiger charge is 2.34. The molecule has 3 atom stereocenters. The highest BCUT2D eigenvalue weighted by atomic mass is 16.4. The third kappa shape index (κ3) is 4.71. The molecular weight excluding hydrogens is 332 g/mol.